The van der Waals surface area contributed by atoms with Crippen molar-refractivity contribution < 1.29 is 9.90 Å². The first-order valence-electron chi connectivity index (χ1n) is 10.3. The number of phenolic OH excluding ortho intramolecular Hbond substituents is 1. The molecule has 2 aromatic carbocycles. The van der Waals surface area contributed by atoms with Crippen molar-refractivity contribution in [3.8, 4) is 17.0 Å². The maximum Gasteiger partial charge on any atom is 0.255 e. The van der Waals surface area contributed by atoms with Crippen LogP contribution in [0.3, 0.4) is 0 Å². The quantitative estimate of drug-likeness (QED) is 0.676. The summed E-state index contributed by atoms with van der Waals surface area (Å²) in [6, 6.07) is 21.3. The Morgan fingerprint density at radius 2 is 1.79 bits per heavy atom. The van der Waals surface area contributed by atoms with Crippen LogP contribution >= 0.6 is 0 Å². The number of aromatic nitrogens is 1. The number of likely N-dealkylation sites (tertiary alicyclic amines) is 1. The van der Waals surface area contributed by atoms with Gasteiger partial charge < -0.3 is 10.0 Å². The summed E-state index contributed by atoms with van der Waals surface area (Å²) in [6.07, 6.45) is 6.07. The van der Waals surface area contributed by atoms with Gasteiger partial charge in [0, 0.05) is 24.8 Å². The highest BCUT2D eigenvalue weighted by Gasteiger charge is 2.23. The average molecular weight is 386 g/mol. The number of aryl methyl sites for hydroxylation is 1. The van der Waals surface area contributed by atoms with Crippen LogP contribution in [-0.4, -0.2) is 34.0 Å². The molecule has 1 amide bonds. The summed E-state index contributed by atoms with van der Waals surface area (Å²) in [7, 11) is 0. The number of carbonyl (C=O) groups excluding carboxylic acids is 1. The number of hydrogen-bond donors (Lipinski definition) is 1. The van der Waals surface area contributed by atoms with Crippen LogP contribution in [0, 0.1) is 5.92 Å². The van der Waals surface area contributed by atoms with Gasteiger partial charge >= 0.3 is 0 Å². The second-order valence-corrected chi connectivity index (χ2v) is 7.74. The highest BCUT2D eigenvalue weighted by molar-refractivity contribution is 5.94. The minimum absolute atomic E-state index is 0.0569. The van der Waals surface area contributed by atoms with Crippen LogP contribution in [0.5, 0.6) is 5.75 Å². The summed E-state index contributed by atoms with van der Waals surface area (Å²) in [5, 5.41) is 9.62. The topological polar surface area (TPSA) is 53.4 Å². The van der Waals surface area contributed by atoms with Crippen molar-refractivity contribution in [3.05, 3.63) is 84.1 Å². The predicted octanol–water partition coefficient (Wildman–Crippen LogP) is 4.94. The lowest BCUT2D eigenvalue weighted by atomic mass is 9.90. The number of carbonyl (C=O) groups is 1. The Hall–Kier alpha value is -3.14. The van der Waals surface area contributed by atoms with E-state index in [2.05, 4.69) is 35.3 Å². The Balaban J connectivity index is 1.31. The van der Waals surface area contributed by atoms with Crippen molar-refractivity contribution in [2.24, 2.45) is 5.92 Å². The van der Waals surface area contributed by atoms with Gasteiger partial charge in [-0.25, -0.2) is 0 Å². The van der Waals surface area contributed by atoms with Gasteiger partial charge in [-0.3, -0.25) is 9.78 Å². The molecule has 0 atom stereocenters. The van der Waals surface area contributed by atoms with E-state index in [9.17, 15) is 9.90 Å². The normalized spacial score (nSPS) is 14.7. The van der Waals surface area contributed by atoms with Crippen molar-refractivity contribution in [1.29, 1.82) is 0 Å². The zero-order chi connectivity index (χ0) is 20.1. The largest absolute Gasteiger partial charge is 0.508 e. The van der Waals surface area contributed by atoms with Gasteiger partial charge in [0.15, 0.2) is 0 Å². The molecule has 0 bridgehead atoms. The standard InChI is InChI=1S/C25H26N2O2/c28-23-8-4-7-21(17-23)24-12-11-22(18-26-24)25(29)27-15-13-20(14-16-27)10-9-19-5-2-1-3-6-19/h1-8,11-12,17-18,20,28H,9-10,13-16H2. The molecule has 1 aromatic heterocycles. The molecule has 0 spiro atoms. The Morgan fingerprint density at radius 1 is 1.00 bits per heavy atom. The molecule has 0 radical (unpaired) electrons. The van der Waals surface area contributed by atoms with E-state index < -0.39 is 0 Å². The van der Waals surface area contributed by atoms with Crippen molar-refractivity contribution in [2.75, 3.05) is 13.1 Å². The number of nitrogens with zero attached hydrogens (tertiary/aromatic N) is 2. The highest BCUT2D eigenvalue weighted by atomic mass is 16.3. The molecule has 3 aromatic rings. The van der Waals surface area contributed by atoms with Crippen LogP contribution in [0.15, 0.2) is 72.9 Å². The fourth-order valence-electron chi connectivity index (χ4n) is 3.98. The second kappa shape index (κ2) is 8.91. The smallest absolute Gasteiger partial charge is 0.255 e. The van der Waals surface area contributed by atoms with E-state index >= 15 is 0 Å². The molecule has 0 unspecified atom stereocenters. The number of pyridine rings is 1. The fraction of sp³-hybridized carbons (Fsp3) is 0.280. The zero-order valence-electron chi connectivity index (χ0n) is 16.5. The summed E-state index contributed by atoms with van der Waals surface area (Å²) >= 11 is 0. The first-order valence-corrected chi connectivity index (χ1v) is 10.3. The van der Waals surface area contributed by atoms with Gasteiger partial charge in [-0.15, -0.1) is 0 Å². The summed E-state index contributed by atoms with van der Waals surface area (Å²) in [5.41, 5.74) is 3.60. The van der Waals surface area contributed by atoms with E-state index in [1.54, 1.807) is 24.4 Å². The molecule has 1 aliphatic rings. The maximum absolute atomic E-state index is 12.8. The third-order valence-electron chi connectivity index (χ3n) is 5.74. The van der Waals surface area contributed by atoms with Crippen LogP contribution in [0.1, 0.15) is 35.2 Å². The molecule has 2 heterocycles. The van der Waals surface area contributed by atoms with Gasteiger partial charge in [0.2, 0.25) is 0 Å². The number of piperidine rings is 1. The summed E-state index contributed by atoms with van der Waals surface area (Å²) in [4.78, 5) is 19.2. The third kappa shape index (κ3) is 4.83. The lowest BCUT2D eigenvalue weighted by Crippen LogP contribution is -2.38. The SMILES string of the molecule is O=C(c1ccc(-c2cccc(O)c2)nc1)N1CCC(CCc2ccccc2)CC1. The van der Waals surface area contributed by atoms with Crippen LogP contribution in [0.4, 0.5) is 0 Å². The molecule has 1 N–H and O–H groups in total. The van der Waals surface area contributed by atoms with E-state index in [1.165, 1.54) is 12.0 Å². The number of phenols is 1. The zero-order valence-corrected chi connectivity index (χ0v) is 16.5. The Labute approximate surface area is 171 Å². The van der Waals surface area contributed by atoms with E-state index in [1.807, 2.05) is 23.1 Å². The number of aromatic hydroxyl groups is 1. The molecular weight excluding hydrogens is 360 g/mol. The van der Waals surface area contributed by atoms with Crippen LogP contribution in [-0.2, 0) is 6.42 Å². The highest BCUT2D eigenvalue weighted by Crippen LogP contribution is 2.25. The molecule has 4 rings (SSSR count). The third-order valence-corrected chi connectivity index (χ3v) is 5.74. The van der Waals surface area contributed by atoms with E-state index in [0.29, 0.717) is 11.5 Å². The fourth-order valence-corrected chi connectivity index (χ4v) is 3.98. The molecule has 1 saturated heterocycles. The average Bonchev–Trinajstić information content (AvgIpc) is 2.78. The Bertz CT molecular complexity index is 946. The minimum Gasteiger partial charge on any atom is -0.508 e. The summed E-state index contributed by atoms with van der Waals surface area (Å²) in [6.45, 7) is 1.62. The van der Waals surface area contributed by atoms with Gasteiger partial charge in [0.05, 0.1) is 11.3 Å². The molecule has 4 nitrogen and oxygen atoms in total. The van der Waals surface area contributed by atoms with E-state index in [-0.39, 0.29) is 11.7 Å². The summed E-state index contributed by atoms with van der Waals surface area (Å²) in [5.74, 6) is 0.951. The van der Waals surface area contributed by atoms with Crippen LogP contribution < -0.4 is 0 Å². The molecule has 1 aliphatic heterocycles. The van der Waals surface area contributed by atoms with E-state index in [4.69, 9.17) is 0 Å². The van der Waals surface area contributed by atoms with Gasteiger partial charge in [0.25, 0.3) is 5.91 Å². The van der Waals surface area contributed by atoms with E-state index in [0.717, 1.165) is 43.6 Å². The van der Waals surface area contributed by atoms with Gasteiger partial charge in [-0.05, 0) is 61.4 Å². The number of amides is 1. The second-order valence-electron chi connectivity index (χ2n) is 7.74. The minimum atomic E-state index is 0.0569. The summed E-state index contributed by atoms with van der Waals surface area (Å²) < 4.78 is 0. The van der Waals surface area contributed by atoms with Crippen molar-refractivity contribution >= 4 is 5.91 Å². The molecular formula is C25H26N2O2. The first-order chi connectivity index (χ1) is 14.2. The number of hydrogen-bond acceptors (Lipinski definition) is 3. The molecule has 1 fully saturated rings. The van der Waals surface area contributed by atoms with Crippen molar-refractivity contribution in [3.63, 3.8) is 0 Å². The van der Waals surface area contributed by atoms with Crippen molar-refractivity contribution in [2.45, 2.75) is 25.7 Å². The monoisotopic (exact) mass is 386 g/mol. The van der Waals surface area contributed by atoms with Gasteiger partial charge in [-0.1, -0.05) is 42.5 Å². The molecule has 148 valence electrons. The number of benzene rings is 2. The van der Waals surface area contributed by atoms with Crippen molar-refractivity contribution in [1.82, 2.24) is 9.88 Å². The Kier molecular flexibility index (Phi) is 5.89. The molecule has 0 aliphatic carbocycles. The van der Waals surface area contributed by atoms with Gasteiger partial charge in [0.1, 0.15) is 5.75 Å². The molecule has 29 heavy (non-hydrogen) atoms. The maximum atomic E-state index is 12.8. The lowest BCUT2D eigenvalue weighted by Gasteiger charge is -2.32. The number of rotatable bonds is 5. The Morgan fingerprint density at radius 3 is 2.48 bits per heavy atom. The lowest BCUT2D eigenvalue weighted by molar-refractivity contribution is 0.0686. The predicted molar refractivity (Wildman–Crippen MR) is 115 cm³/mol. The van der Waals surface area contributed by atoms with Gasteiger partial charge in [-0.2, -0.15) is 0 Å². The molecule has 4 heteroatoms. The van der Waals surface area contributed by atoms with Crippen LogP contribution in [0.25, 0.3) is 11.3 Å². The molecule has 0 saturated carbocycles. The van der Waals surface area contributed by atoms with Crippen LogP contribution in [0.2, 0.25) is 0 Å². The first kappa shape index (κ1) is 19.2.